The van der Waals surface area contributed by atoms with Crippen molar-refractivity contribution >= 4 is 21.8 Å². The Morgan fingerprint density at radius 2 is 1.96 bits per heavy atom. The highest BCUT2D eigenvalue weighted by molar-refractivity contribution is 9.10. The summed E-state index contributed by atoms with van der Waals surface area (Å²) in [6.07, 6.45) is 0. The van der Waals surface area contributed by atoms with Crippen LogP contribution in [0.5, 0.6) is 5.75 Å². The number of methoxy groups -OCH3 is 1. The van der Waals surface area contributed by atoms with Crippen LogP contribution in [0.25, 0.3) is 0 Å². The van der Waals surface area contributed by atoms with Gasteiger partial charge in [0, 0.05) is 11.0 Å². The summed E-state index contributed by atoms with van der Waals surface area (Å²) in [4.78, 5) is 14.4. The van der Waals surface area contributed by atoms with Gasteiger partial charge in [0.15, 0.2) is 0 Å². The van der Waals surface area contributed by atoms with E-state index in [1.54, 1.807) is 13.2 Å². The van der Waals surface area contributed by atoms with Crippen molar-refractivity contribution in [3.8, 4) is 5.75 Å². The Morgan fingerprint density at radius 1 is 1.22 bits per heavy atom. The summed E-state index contributed by atoms with van der Waals surface area (Å²) in [5.41, 5.74) is 1.73. The highest BCUT2D eigenvalue weighted by atomic mass is 79.9. The molecule has 0 aromatic heterocycles. The molecule has 0 fully saturated rings. The molecule has 0 saturated carbocycles. The summed E-state index contributed by atoms with van der Waals surface area (Å²) in [6, 6.07) is 15.4. The summed E-state index contributed by atoms with van der Waals surface area (Å²) in [6.45, 7) is 0.514. The van der Waals surface area contributed by atoms with Crippen LogP contribution in [0.4, 0.5) is 0 Å². The van der Waals surface area contributed by atoms with E-state index in [0.29, 0.717) is 12.1 Å². The number of hydrogen-bond donors (Lipinski definition) is 1. The second kappa shape index (κ2) is 8.13. The van der Waals surface area contributed by atoms with Crippen LogP contribution in [0.1, 0.15) is 22.0 Å². The van der Waals surface area contributed by atoms with Crippen LogP contribution in [0, 0.1) is 0 Å². The third kappa shape index (κ3) is 4.56. The molecule has 1 atom stereocenters. The fourth-order valence-electron chi connectivity index (χ4n) is 2.38. The molecule has 2 aromatic carbocycles. The molecule has 1 amide bonds. The largest absolute Gasteiger partial charge is 0.497 e. The van der Waals surface area contributed by atoms with E-state index in [2.05, 4.69) is 26.1 Å². The summed E-state index contributed by atoms with van der Waals surface area (Å²) in [5.74, 6) is 0.721. The Morgan fingerprint density at radius 3 is 2.61 bits per heavy atom. The van der Waals surface area contributed by atoms with Gasteiger partial charge in [0.1, 0.15) is 5.75 Å². The third-order valence-corrected chi connectivity index (χ3v) is 4.37. The van der Waals surface area contributed by atoms with E-state index in [1.807, 2.05) is 56.6 Å². The quantitative estimate of drug-likeness (QED) is 0.838. The van der Waals surface area contributed by atoms with E-state index in [4.69, 9.17) is 4.74 Å². The molecular formula is C18H21BrN2O2. The number of rotatable bonds is 6. The number of nitrogens with one attached hydrogen (secondary N) is 1. The minimum absolute atomic E-state index is 0.0662. The van der Waals surface area contributed by atoms with Gasteiger partial charge in [-0.3, -0.25) is 4.79 Å². The van der Waals surface area contributed by atoms with Crippen molar-refractivity contribution in [1.29, 1.82) is 0 Å². The maximum absolute atomic E-state index is 12.4. The molecule has 2 aromatic rings. The molecule has 4 nitrogen and oxygen atoms in total. The lowest BCUT2D eigenvalue weighted by atomic mass is 10.1. The Kier molecular flexibility index (Phi) is 6.19. The maximum Gasteiger partial charge on any atom is 0.252 e. The van der Waals surface area contributed by atoms with Crippen LogP contribution >= 0.6 is 15.9 Å². The predicted molar refractivity (Wildman–Crippen MR) is 95.9 cm³/mol. The summed E-state index contributed by atoms with van der Waals surface area (Å²) in [7, 11) is 5.64. The molecule has 0 heterocycles. The molecule has 0 radical (unpaired) electrons. The van der Waals surface area contributed by atoms with Crippen molar-refractivity contribution in [1.82, 2.24) is 10.2 Å². The van der Waals surface area contributed by atoms with Gasteiger partial charge in [-0.05, 0) is 59.9 Å². The van der Waals surface area contributed by atoms with Crippen LogP contribution in [-0.2, 0) is 0 Å². The van der Waals surface area contributed by atoms with E-state index in [0.717, 1.165) is 15.8 Å². The first-order valence-electron chi connectivity index (χ1n) is 7.36. The first-order chi connectivity index (χ1) is 11.0. The van der Waals surface area contributed by atoms with Crippen molar-refractivity contribution in [2.75, 3.05) is 27.7 Å². The second-order valence-corrected chi connectivity index (χ2v) is 6.30. The minimum atomic E-state index is -0.0905. The van der Waals surface area contributed by atoms with Crippen molar-refractivity contribution in [3.63, 3.8) is 0 Å². The average molecular weight is 377 g/mol. The monoisotopic (exact) mass is 376 g/mol. The highest BCUT2D eigenvalue weighted by Gasteiger charge is 2.17. The maximum atomic E-state index is 12.4. The first-order valence-corrected chi connectivity index (χ1v) is 8.15. The van der Waals surface area contributed by atoms with Crippen molar-refractivity contribution < 1.29 is 9.53 Å². The number of halogens is 1. The summed E-state index contributed by atoms with van der Waals surface area (Å²) < 4.78 is 6.08. The third-order valence-electron chi connectivity index (χ3n) is 3.68. The molecule has 2 rings (SSSR count). The van der Waals surface area contributed by atoms with Crippen LogP contribution in [0.3, 0.4) is 0 Å². The molecule has 0 aliphatic carbocycles. The van der Waals surface area contributed by atoms with Gasteiger partial charge in [0.2, 0.25) is 0 Å². The van der Waals surface area contributed by atoms with Crippen LogP contribution in [0.15, 0.2) is 53.0 Å². The minimum Gasteiger partial charge on any atom is -0.497 e. The molecule has 122 valence electrons. The van der Waals surface area contributed by atoms with Crippen LogP contribution in [-0.4, -0.2) is 38.6 Å². The number of nitrogens with zero attached hydrogens (tertiary/aromatic N) is 1. The molecule has 0 spiro atoms. The zero-order valence-corrected chi connectivity index (χ0v) is 15.1. The molecule has 0 aliphatic rings. The Bertz CT molecular complexity index is 674. The number of likely N-dealkylation sites (N-methyl/N-ethyl adjacent to an activating group) is 1. The predicted octanol–water partition coefficient (Wildman–Crippen LogP) is 3.49. The fraction of sp³-hybridized carbons (Fsp3) is 0.278. The SMILES string of the molecule is COc1cccc([C@H](CNC(=O)c2ccccc2Br)N(C)C)c1. The number of carbonyl (C=O) groups excluding carboxylic acids is 1. The molecule has 0 unspecified atom stereocenters. The lowest BCUT2D eigenvalue weighted by Crippen LogP contribution is -2.34. The molecule has 23 heavy (non-hydrogen) atoms. The molecular weight excluding hydrogens is 356 g/mol. The summed E-state index contributed by atoms with van der Waals surface area (Å²) >= 11 is 3.41. The van der Waals surface area contributed by atoms with Crippen LogP contribution < -0.4 is 10.1 Å². The Hall–Kier alpha value is -1.85. The van der Waals surface area contributed by atoms with Crippen molar-refractivity contribution in [3.05, 3.63) is 64.1 Å². The van der Waals surface area contributed by atoms with E-state index in [9.17, 15) is 4.79 Å². The van der Waals surface area contributed by atoms with Crippen molar-refractivity contribution in [2.45, 2.75) is 6.04 Å². The molecule has 1 N–H and O–H groups in total. The lowest BCUT2D eigenvalue weighted by molar-refractivity contribution is 0.0941. The number of hydrogen-bond acceptors (Lipinski definition) is 3. The molecule has 0 saturated heterocycles. The van der Waals surface area contributed by atoms with E-state index < -0.39 is 0 Å². The number of ether oxygens (including phenoxy) is 1. The number of benzene rings is 2. The van der Waals surface area contributed by atoms with Gasteiger partial charge in [-0.1, -0.05) is 24.3 Å². The van der Waals surface area contributed by atoms with Crippen molar-refractivity contribution in [2.24, 2.45) is 0 Å². The van der Waals surface area contributed by atoms with Gasteiger partial charge in [-0.15, -0.1) is 0 Å². The van der Waals surface area contributed by atoms with Gasteiger partial charge in [-0.2, -0.15) is 0 Å². The Labute approximate surface area is 145 Å². The van der Waals surface area contributed by atoms with Gasteiger partial charge in [0.05, 0.1) is 18.7 Å². The van der Waals surface area contributed by atoms with E-state index >= 15 is 0 Å². The van der Waals surface area contributed by atoms with Crippen LogP contribution in [0.2, 0.25) is 0 Å². The standard InChI is InChI=1S/C18H21BrN2O2/c1-21(2)17(13-7-6-8-14(11-13)23-3)12-20-18(22)15-9-4-5-10-16(15)19/h4-11,17H,12H2,1-3H3,(H,20,22)/t17-/m0/s1. The zero-order chi connectivity index (χ0) is 16.8. The Balaban J connectivity index is 2.11. The topological polar surface area (TPSA) is 41.6 Å². The molecule has 0 bridgehead atoms. The number of amides is 1. The second-order valence-electron chi connectivity index (χ2n) is 5.45. The molecule has 0 aliphatic heterocycles. The molecule has 5 heteroatoms. The first kappa shape index (κ1) is 17.5. The lowest BCUT2D eigenvalue weighted by Gasteiger charge is -2.25. The van der Waals surface area contributed by atoms with Gasteiger partial charge in [-0.25, -0.2) is 0 Å². The zero-order valence-electron chi connectivity index (χ0n) is 13.5. The van der Waals surface area contributed by atoms with E-state index in [1.165, 1.54) is 0 Å². The van der Waals surface area contributed by atoms with Gasteiger partial charge in [0.25, 0.3) is 5.91 Å². The van der Waals surface area contributed by atoms with Gasteiger partial charge < -0.3 is 15.0 Å². The normalized spacial score (nSPS) is 12.0. The average Bonchev–Trinajstić information content (AvgIpc) is 2.55. The smallest absolute Gasteiger partial charge is 0.252 e. The summed E-state index contributed by atoms with van der Waals surface area (Å²) in [5, 5.41) is 3.01. The fourth-order valence-corrected chi connectivity index (χ4v) is 2.84. The highest BCUT2D eigenvalue weighted by Crippen LogP contribution is 2.22. The van der Waals surface area contributed by atoms with Gasteiger partial charge >= 0.3 is 0 Å². The van der Waals surface area contributed by atoms with E-state index in [-0.39, 0.29) is 11.9 Å². The number of carbonyl (C=O) groups is 1.